The van der Waals surface area contributed by atoms with Gasteiger partial charge in [0.25, 0.3) is 0 Å². The number of nitrogens with two attached hydrogens (primary N) is 1. The first-order valence-electron chi connectivity index (χ1n) is 8.78. The number of fused-ring (bicyclic) bond motifs is 4. The summed E-state index contributed by atoms with van der Waals surface area (Å²) in [6.45, 7) is 2.33. The Bertz CT molecular complexity index is 854. The van der Waals surface area contributed by atoms with Crippen molar-refractivity contribution in [3.8, 4) is 5.75 Å². The van der Waals surface area contributed by atoms with E-state index in [9.17, 15) is 9.59 Å². The summed E-state index contributed by atoms with van der Waals surface area (Å²) in [5.41, 5.74) is 6.60. The Morgan fingerprint density at radius 1 is 1.31 bits per heavy atom. The molecule has 6 nitrogen and oxygen atoms in total. The Morgan fingerprint density at radius 2 is 2.08 bits per heavy atom. The minimum Gasteiger partial charge on any atom is -0.468 e. The molecule has 134 valence electrons. The van der Waals surface area contributed by atoms with Gasteiger partial charge in [0.15, 0.2) is 5.72 Å². The van der Waals surface area contributed by atoms with Crippen molar-refractivity contribution in [1.29, 1.82) is 0 Å². The first kappa shape index (κ1) is 16.6. The van der Waals surface area contributed by atoms with Crippen LogP contribution in [0.3, 0.4) is 0 Å². The van der Waals surface area contributed by atoms with Gasteiger partial charge in [0, 0.05) is 37.2 Å². The van der Waals surface area contributed by atoms with Gasteiger partial charge >= 0.3 is 0 Å². The number of aromatic nitrogens is 1. The molecule has 1 aromatic heterocycles. The number of carbonyl (C=O) groups excluding carboxylic acids is 2. The van der Waals surface area contributed by atoms with Gasteiger partial charge < -0.3 is 15.4 Å². The van der Waals surface area contributed by atoms with E-state index >= 15 is 0 Å². The van der Waals surface area contributed by atoms with Crippen molar-refractivity contribution in [2.45, 2.75) is 31.4 Å². The Morgan fingerprint density at radius 3 is 2.81 bits per heavy atom. The standard InChI is InChI=1S/C20H21N3O3/c1-20-12-15(14-7-2-3-8-16(14)26-20)17(18(21)24)19(25)23(20)11-9-13-6-4-5-10-22-13/h2-8,10,15,17H,9,11-12H2,1H3,(H2,21,24). The Kier molecular flexibility index (Phi) is 3.90. The fraction of sp³-hybridized carbons (Fsp3) is 0.350. The number of para-hydroxylation sites is 1. The van der Waals surface area contributed by atoms with Gasteiger partial charge in [0.1, 0.15) is 11.7 Å². The van der Waals surface area contributed by atoms with E-state index in [4.69, 9.17) is 10.5 Å². The van der Waals surface area contributed by atoms with Crippen LogP contribution in [0.25, 0.3) is 0 Å². The van der Waals surface area contributed by atoms with Crippen LogP contribution in [0.5, 0.6) is 5.75 Å². The molecular weight excluding hydrogens is 330 g/mol. The highest BCUT2D eigenvalue weighted by Gasteiger charge is 2.55. The summed E-state index contributed by atoms with van der Waals surface area (Å²) >= 11 is 0. The van der Waals surface area contributed by atoms with Crippen molar-refractivity contribution in [3.63, 3.8) is 0 Å². The van der Waals surface area contributed by atoms with Crippen molar-refractivity contribution >= 4 is 11.8 Å². The summed E-state index contributed by atoms with van der Waals surface area (Å²) in [5, 5.41) is 0. The average molecular weight is 351 g/mol. The number of primary amides is 1. The maximum atomic E-state index is 13.1. The number of ether oxygens (including phenoxy) is 1. The molecule has 6 heteroatoms. The number of amides is 2. The van der Waals surface area contributed by atoms with Crippen LogP contribution in [0.15, 0.2) is 48.7 Å². The van der Waals surface area contributed by atoms with Crippen LogP contribution >= 0.6 is 0 Å². The maximum Gasteiger partial charge on any atom is 0.238 e. The minimum atomic E-state index is -0.864. The van der Waals surface area contributed by atoms with Gasteiger partial charge in [0.05, 0.1) is 0 Å². The molecule has 2 aliphatic heterocycles. The van der Waals surface area contributed by atoms with Crippen LogP contribution in [0.1, 0.15) is 30.5 Å². The van der Waals surface area contributed by atoms with Crippen molar-refractivity contribution in [1.82, 2.24) is 9.88 Å². The first-order valence-corrected chi connectivity index (χ1v) is 8.78. The second kappa shape index (κ2) is 6.12. The zero-order valence-electron chi connectivity index (χ0n) is 14.6. The third kappa shape index (κ3) is 2.62. The van der Waals surface area contributed by atoms with E-state index in [-0.39, 0.29) is 11.8 Å². The normalized spacial score (nSPS) is 26.8. The highest BCUT2D eigenvalue weighted by Crippen LogP contribution is 2.49. The lowest BCUT2D eigenvalue weighted by atomic mass is 9.73. The lowest BCUT2D eigenvalue weighted by Gasteiger charge is -2.52. The molecule has 2 amide bonds. The van der Waals surface area contributed by atoms with E-state index < -0.39 is 17.6 Å². The summed E-state index contributed by atoms with van der Waals surface area (Å²) in [7, 11) is 0. The maximum absolute atomic E-state index is 13.1. The van der Waals surface area contributed by atoms with E-state index in [0.29, 0.717) is 25.1 Å². The lowest BCUT2D eigenvalue weighted by molar-refractivity contribution is -0.175. The number of nitrogens with zero attached hydrogens (tertiary/aromatic N) is 2. The average Bonchev–Trinajstić information content (AvgIpc) is 2.61. The predicted octanol–water partition coefficient (Wildman–Crippen LogP) is 1.85. The molecule has 3 atom stereocenters. The lowest BCUT2D eigenvalue weighted by Crippen LogP contribution is -2.64. The highest BCUT2D eigenvalue weighted by molar-refractivity contribution is 6.01. The summed E-state index contributed by atoms with van der Waals surface area (Å²) in [6, 6.07) is 13.3. The van der Waals surface area contributed by atoms with Crippen molar-refractivity contribution in [2.24, 2.45) is 11.7 Å². The smallest absolute Gasteiger partial charge is 0.238 e. The van der Waals surface area contributed by atoms with Gasteiger partial charge in [0.2, 0.25) is 11.8 Å². The number of benzene rings is 1. The van der Waals surface area contributed by atoms with Crippen LogP contribution in [0, 0.1) is 5.92 Å². The summed E-state index contributed by atoms with van der Waals surface area (Å²) in [5.74, 6) is -1.24. The molecule has 1 aromatic carbocycles. The van der Waals surface area contributed by atoms with Crippen LogP contribution < -0.4 is 10.5 Å². The van der Waals surface area contributed by atoms with Gasteiger partial charge in [-0.15, -0.1) is 0 Å². The first-order chi connectivity index (χ1) is 12.5. The molecule has 1 fully saturated rings. The van der Waals surface area contributed by atoms with Crippen molar-refractivity contribution < 1.29 is 14.3 Å². The molecule has 0 radical (unpaired) electrons. The SMILES string of the molecule is CC12CC(c3ccccc3O1)C(C(N)=O)C(=O)N2CCc1ccccn1. The Hall–Kier alpha value is -2.89. The van der Waals surface area contributed by atoms with Crippen molar-refractivity contribution in [2.75, 3.05) is 6.54 Å². The highest BCUT2D eigenvalue weighted by atomic mass is 16.5. The molecule has 0 aliphatic carbocycles. The molecule has 1 saturated heterocycles. The molecule has 2 N–H and O–H groups in total. The largest absolute Gasteiger partial charge is 0.468 e. The van der Waals surface area contributed by atoms with Gasteiger partial charge in [-0.05, 0) is 30.7 Å². The van der Waals surface area contributed by atoms with Gasteiger partial charge in [-0.25, -0.2) is 0 Å². The second-order valence-corrected chi connectivity index (χ2v) is 7.07. The number of piperidine rings is 1. The number of rotatable bonds is 4. The third-order valence-corrected chi connectivity index (χ3v) is 5.38. The zero-order chi connectivity index (χ0) is 18.3. The molecule has 26 heavy (non-hydrogen) atoms. The minimum absolute atomic E-state index is 0.249. The van der Waals surface area contributed by atoms with Crippen LogP contribution in [0.2, 0.25) is 0 Å². The summed E-state index contributed by atoms with van der Waals surface area (Å²) in [4.78, 5) is 31.2. The van der Waals surface area contributed by atoms with Crippen LogP contribution in [-0.2, 0) is 16.0 Å². The second-order valence-electron chi connectivity index (χ2n) is 7.07. The molecule has 4 rings (SSSR count). The quantitative estimate of drug-likeness (QED) is 0.852. The molecule has 3 heterocycles. The number of pyridine rings is 1. The van der Waals surface area contributed by atoms with Gasteiger partial charge in [-0.1, -0.05) is 24.3 Å². The molecule has 2 aromatic rings. The summed E-state index contributed by atoms with van der Waals surface area (Å²) < 4.78 is 6.22. The van der Waals surface area contributed by atoms with E-state index in [1.807, 2.05) is 49.4 Å². The summed E-state index contributed by atoms with van der Waals surface area (Å²) in [6.07, 6.45) is 2.86. The predicted molar refractivity (Wildman–Crippen MR) is 95.2 cm³/mol. The Balaban J connectivity index is 1.69. The molecular formula is C20H21N3O3. The molecule has 0 saturated carbocycles. The number of carbonyl (C=O) groups is 2. The number of hydrogen-bond acceptors (Lipinski definition) is 4. The molecule has 0 spiro atoms. The monoisotopic (exact) mass is 351 g/mol. The van der Waals surface area contributed by atoms with E-state index in [1.54, 1.807) is 11.1 Å². The van der Waals surface area contributed by atoms with Crippen molar-refractivity contribution in [3.05, 3.63) is 59.9 Å². The molecule has 3 unspecified atom stereocenters. The van der Waals surface area contributed by atoms with Gasteiger partial charge in [-0.3, -0.25) is 14.6 Å². The fourth-order valence-electron chi connectivity index (χ4n) is 4.15. The third-order valence-electron chi connectivity index (χ3n) is 5.38. The number of likely N-dealkylation sites (tertiary alicyclic amines) is 1. The Labute approximate surface area is 152 Å². The number of hydrogen-bond donors (Lipinski definition) is 1. The van der Waals surface area contributed by atoms with Gasteiger partial charge in [-0.2, -0.15) is 0 Å². The fourth-order valence-corrected chi connectivity index (χ4v) is 4.15. The van der Waals surface area contributed by atoms with E-state index in [1.165, 1.54) is 0 Å². The van der Waals surface area contributed by atoms with Crippen LogP contribution in [0.4, 0.5) is 0 Å². The van der Waals surface area contributed by atoms with Crippen LogP contribution in [-0.4, -0.2) is 34.0 Å². The van der Waals surface area contributed by atoms with E-state index in [0.717, 1.165) is 11.3 Å². The molecule has 2 bridgehead atoms. The topological polar surface area (TPSA) is 85.5 Å². The molecule has 2 aliphatic rings. The van der Waals surface area contributed by atoms with E-state index in [2.05, 4.69) is 4.98 Å². The zero-order valence-corrected chi connectivity index (χ0v) is 14.6.